The summed E-state index contributed by atoms with van der Waals surface area (Å²) in [4.78, 5) is 8.01. The molecule has 3 rings (SSSR count). The highest BCUT2D eigenvalue weighted by Gasteiger charge is 2.30. The summed E-state index contributed by atoms with van der Waals surface area (Å²) in [5, 5.41) is 0.592. The first-order chi connectivity index (χ1) is 10.8. The largest absolute Gasteiger partial charge is 0.416 e. The number of nitrogen functional groups attached to an aromatic ring is 2. The Morgan fingerprint density at radius 1 is 1.00 bits per heavy atom. The number of rotatable bonds is 1. The average Bonchev–Trinajstić information content (AvgIpc) is 2.46. The highest BCUT2D eigenvalue weighted by Crippen LogP contribution is 2.35. The summed E-state index contributed by atoms with van der Waals surface area (Å²) in [6, 6.07) is 8.54. The maximum absolute atomic E-state index is 12.9. The Bertz CT molecular complexity index is 904. The van der Waals surface area contributed by atoms with E-state index >= 15 is 0 Å². The van der Waals surface area contributed by atoms with Crippen molar-refractivity contribution in [3.05, 3.63) is 47.5 Å². The third-order valence-corrected chi connectivity index (χ3v) is 3.67. The van der Waals surface area contributed by atoms with E-state index in [1.165, 1.54) is 6.07 Å². The lowest BCUT2D eigenvalue weighted by Gasteiger charge is -2.13. The van der Waals surface area contributed by atoms with E-state index in [1.807, 2.05) is 0 Å². The number of alkyl halides is 3. The fourth-order valence-corrected chi connectivity index (χ4v) is 2.62. The van der Waals surface area contributed by atoms with E-state index in [2.05, 4.69) is 9.97 Å². The van der Waals surface area contributed by atoms with E-state index in [-0.39, 0.29) is 11.8 Å². The molecule has 0 bridgehead atoms. The zero-order chi connectivity index (χ0) is 16.8. The molecule has 3 aromatic rings. The van der Waals surface area contributed by atoms with E-state index in [4.69, 9.17) is 11.5 Å². The maximum Gasteiger partial charge on any atom is 0.416 e. The SMILES string of the molecule is Cc1c(-c2cccc(C(F)(F)F)c2)ccc2nc(N)nc(N)c12. The topological polar surface area (TPSA) is 77.8 Å². The van der Waals surface area contributed by atoms with Crippen LogP contribution < -0.4 is 11.5 Å². The Hall–Kier alpha value is -2.83. The van der Waals surface area contributed by atoms with Gasteiger partial charge in [-0.2, -0.15) is 18.2 Å². The second-order valence-corrected chi connectivity index (χ2v) is 5.18. The molecule has 0 aliphatic carbocycles. The molecule has 118 valence electrons. The fourth-order valence-electron chi connectivity index (χ4n) is 2.62. The predicted molar refractivity (Wildman–Crippen MR) is 83.5 cm³/mol. The summed E-state index contributed by atoms with van der Waals surface area (Å²) < 4.78 is 38.7. The Labute approximate surface area is 130 Å². The van der Waals surface area contributed by atoms with E-state index in [9.17, 15) is 13.2 Å². The van der Waals surface area contributed by atoms with Gasteiger partial charge in [0.2, 0.25) is 5.95 Å². The molecule has 0 unspecified atom stereocenters. The molecule has 2 aromatic carbocycles. The summed E-state index contributed by atoms with van der Waals surface area (Å²) in [6.07, 6.45) is -4.39. The van der Waals surface area contributed by atoms with Gasteiger partial charge in [-0.05, 0) is 41.8 Å². The first-order valence-electron chi connectivity index (χ1n) is 6.77. The molecule has 0 aliphatic heterocycles. The molecule has 4 nitrogen and oxygen atoms in total. The molecule has 0 saturated carbocycles. The lowest BCUT2D eigenvalue weighted by Crippen LogP contribution is -2.05. The number of aromatic nitrogens is 2. The fraction of sp³-hybridized carbons (Fsp3) is 0.125. The molecule has 23 heavy (non-hydrogen) atoms. The Morgan fingerprint density at radius 3 is 2.43 bits per heavy atom. The van der Waals surface area contributed by atoms with Gasteiger partial charge in [-0.1, -0.05) is 18.2 Å². The van der Waals surface area contributed by atoms with Crippen LogP contribution in [-0.4, -0.2) is 9.97 Å². The number of aryl methyl sites for hydroxylation is 1. The first-order valence-corrected chi connectivity index (χ1v) is 6.77. The second-order valence-electron chi connectivity index (χ2n) is 5.18. The lowest BCUT2D eigenvalue weighted by molar-refractivity contribution is -0.137. The van der Waals surface area contributed by atoms with Crippen molar-refractivity contribution in [3.63, 3.8) is 0 Å². The minimum Gasteiger partial charge on any atom is -0.383 e. The van der Waals surface area contributed by atoms with E-state index in [1.54, 1.807) is 25.1 Å². The van der Waals surface area contributed by atoms with Crippen LogP contribution in [-0.2, 0) is 6.18 Å². The molecule has 1 aromatic heterocycles. The summed E-state index contributed by atoms with van der Waals surface area (Å²) in [5.41, 5.74) is 13.1. The Morgan fingerprint density at radius 2 is 1.74 bits per heavy atom. The number of halogens is 3. The molecule has 0 aliphatic rings. The molecule has 0 spiro atoms. The highest BCUT2D eigenvalue weighted by atomic mass is 19.4. The normalized spacial score (nSPS) is 11.8. The van der Waals surface area contributed by atoms with Gasteiger partial charge < -0.3 is 11.5 Å². The molecular formula is C16H13F3N4. The van der Waals surface area contributed by atoms with E-state index in [0.717, 1.165) is 12.1 Å². The molecule has 0 atom stereocenters. The van der Waals surface area contributed by atoms with Crippen LogP contribution >= 0.6 is 0 Å². The van der Waals surface area contributed by atoms with Gasteiger partial charge in [0.25, 0.3) is 0 Å². The van der Waals surface area contributed by atoms with Crippen LogP contribution in [0.4, 0.5) is 24.9 Å². The van der Waals surface area contributed by atoms with Gasteiger partial charge in [-0.3, -0.25) is 0 Å². The summed E-state index contributed by atoms with van der Waals surface area (Å²) in [7, 11) is 0. The molecule has 0 radical (unpaired) electrons. The van der Waals surface area contributed by atoms with Crippen molar-refractivity contribution in [1.29, 1.82) is 0 Å². The smallest absolute Gasteiger partial charge is 0.383 e. The van der Waals surface area contributed by atoms with Gasteiger partial charge in [-0.15, -0.1) is 0 Å². The van der Waals surface area contributed by atoms with Gasteiger partial charge in [0.05, 0.1) is 11.1 Å². The van der Waals surface area contributed by atoms with E-state index < -0.39 is 11.7 Å². The van der Waals surface area contributed by atoms with Crippen LogP contribution in [0.15, 0.2) is 36.4 Å². The molecule has 0 fully saturated rings. The van der Waals surface area contributed by atoms with Crippen molar-refractivity contribution < 1.29 is 13.2 Å². The van der Waals surface area contributed by atoms with Gasteiger partial charge in [0, 0.05) is 5.39 Å². The third-order valence-electron chi connectivity index (χ3n) is 3.67. The van der Waals surface area contributed by atoms with Crippen LogP contribution in [0.1, 0.15) is 11.1 Å². The summed E-state index contributed by atoms with van der Waals surface area (Å²) >= 11 is 0. The minimum absolute atomic E-state index is 0.0567. The van der Waals surface area contributed by atoms with Crippen molar-refractivity contribution in [2.75, 3.05) is 11.5 Å². The zero-order valence-corrected chi connectivity index (χ0v) is 12.1. The number of fused-ring (bicyclic) bond motifs is 1. The monoisotopic (exact) mass is 318 g/mol. The molecule has 1 heterocycles. The molecule has 7 heteroatoms. The third kappa shape index (κ3) is 2.65. The standard InChI is InChI=1S/C16H13F3N4/c1-8-11(9-3-2-4-10(7-9)16(17,18)19)5-6-12-13(8)14(20)23-15(21)22-12/h2-7H,1H3,(H4,20,21,22,23). The van der Waals surface area contributed by atoms with Crippen LogP contribution in [0.2, 0.25) is 0 Å². The number of hydrogen-bond acceptors (Lipinski definition) is 4. The summed E-state index contributed by atoms with van der Waals surface area (Å²) in [6.45, 7) is 1.77. The quantitative estimate of drug-likeness (QED) is 0.715. The van der Waals surface area contributed by atoms with Crippen molar-refractivity contribution in [1.82, 2.24) is 9.97 Å². The highest BCUT2D eigenvalue weighted by molar-refractivity contribution is 5.96. The Kier molecular flexibility index (Phi) is 3.35. The lowest BCUT2D eigenvalue weighted by atomic mass is 9.96. The molecule has 0 saturated heterocycles. The first kappa shape index (κ1) is 15.1. The van der Waals surface area contributed by atoms with Crippen LogP contribution in [0, 0.1) is 6.92 Å². The van der Waals surface area contributed by atoms with Crippen molar-refractivity contribution in [2.45, 2.75) is 13.1 Å². The number of hydrogen-bond donors (Lipinski definition) is 2. The summed E-state index contributed by atoms with van der Waals surface area (Å²) in [5.74, 6) is 0.264. The van der Waals surface area contributed by atoms with Crippen LogP contribution in [0.3, 0.4) is 0 Å². The predicted octanol–water partition coefficient (Wildman–Crippen LogP) is 3.79. The molecule has 0 amide bonds. The molecule has 4 N–H and O–H groups in total. The Balaban J connectivity index is 2.24. The van der Waals surface area contributed by atoms with Gasteiger partial charge in [0.15, 0.2) is 0 Å². The average molecular weight is 318 g/mol. The second kappa shape index (κ2) is 5.12. The molecular weight excluding hydrogens is 305 g/mol. The number of nitrogens with zero attached hydrogens (tertiary/aromatic N) is 2. The zero-order valence-electron chi connectivity index (χ0n) is 12.1. The van der Waals surface area contributed by atoms with Crippen LogP contribution in [0.25, 0.3) is 22.0 Å². The van der Waals surface area contributed by atoms with Crippen molar-refractivity contribution in [3.8, 4) is 11.1 Å². The van der Waals surface area contributed by atoms with Gasteiger partial charge in [-0.25, -0.2) is 4.98 Å². The minimum atomic E-state index is -4.39. The van der Waals surface area contributed by atoms with Crippen LogP contribution in [0.5, 0.6) is 0 Å². The van der Waals surface area contributed by atoms with Crippen molar-refractivity contribution >= 4 is 22.7 Å². The van der Waals surface area contributed by atoms with Gasteiger partial charge >= 0.3 is 6.18 Å². The number of anilines is 2. The van der Waals surface area contributed by atoms with Gasteiger partial charge in [0.1, 0.15) is 5.82 Å². The van der Waals surface area contributed by atoms with Crippen molar-refractivity contribution in [2.24, 2.45) is 0 Å². The number of benzene rings is 2. The maximum atomic E-state index is 12.9. The number of nitrogens with two attached hydrogens (primary N) is 2. The van der Waals surface area contributed by atoms with E-state index in [0.29, 0.717) is 27.6 Å².